The van der Waals surface area contributed by atoms with Crippen molar-refractivity contribution in [2.45, 2.75) is 19.8 Å². The molecule has 2 unspecified atom stereocenters. The summed E-state index contributed by atoms with van der Waals surface area (Å²) < 4.78 is 0. The fourth-order valence-electron chi connectivity index (χ4n) is 4.10. The number of hydrogen-bond donors (Lipinski definition) is 0. The number of halogens is 1. The molecule has 2 aliphatic heterocycles. The van der Waals surface area contributed by atoms with Crippen molar-refractivity contribution in [1.29, 1.82) is 0 Å². The molecule has 5 nitrogen and oxygen atoms in total. The van der Waals surface area contributed by atoms with Gasteiger partial charge in [0.05, 0.1) is 0 Å². The predicted molar refractivity (Wildman–Crippen MR) is 102 cm³/mol. The maximum atomic E-state index is 12.6. The minimum Gasteiger partial charge on any atom is -0.356 e. The molecule has 2 aliphatic rings. The molecule has 1 aromatic carbocycles. The lowest BCUT2D eigenvalue weighted by molar-refractivity contribution is -0.130. The Kier molecular flexibility index (Phi) is 4.81. The summed E-state index contributed by atoms with van der Waals surface area (Å²) in [4.78, 5) is 25.5. The lowest BCUT2D eigenvalue weighted by Gasteiger charge is -2.22. The molecule has 136 valence electrons. The lowest BCUT2D eigenvalue weighted by Crippen LogP contribution is -2.33. The van der Waals surface area contributed by atoms with Crippen LogP contribution in [0.15, 0.2) is 36.7 Å². The van der Waals surface area contributed by atoms with Gasteiger partial charge in [-0.25, -0.2) is 9.97 Å². The third kappa shape index (κ3) is 3.68. The molecular formula is C20H23ClN4O. The van der Waals surface area contributed by atoms with Crippen LogP contribution in [-0.4, -0.2) is 47.0 Å². The normalized spacial score (nSPS) is 21.9. The number of fused-ring (bicyclic) bond motifs is 1. The van der Waals surface area contributed by atoms with E-state index in [4.69, 9.17) is 11.6 Å². The Hall–Kier alpha value is -2.14. The summed E-state index contributed by atoms with van der Waals surface area (Å²) in [6, 6.07) is 9.80. The molecule has 0 bridgehead atoms. The monoisotopic (exact) mass is 370 g/mol. The summed E-state index contributed by atoms with van der Waals surface area (Å²) in [5.41, 5.74) is 2.11. The molecule has 2 aromatic rings. The molecular weight excluding hydrogens is 348 g/mol. The minimum absolute atomic E-state index is 0.254. The maximum absolute atomic E-state index is 12.6. The quantitative estimate of drug-likeness (QED) is 0.830. The largest absolute Gasteiger partial charge is 0.356 e. The fraction of sp³-hybridized carbons (Fsp3) is 0.450. The zero-order valence-electron chi connectivity index (χ0n) is 14.9. The van der Waals surface area contributed by atoms with Gasteiger partial charge in [0.15, 0.2) is 0 Å². The second kappa shape index (κ2) is 7.23. The number of aromatic nitrogens is 2. The number of anilines is 1. The summed E-state index contributed by atoms with van der Waals surface area (Å²) in [5.74, 6) is 2.34. The van der Waals surface area contributed by atoms with Crippen LogP contribution in [0, 0.1) is 18.8 Å². The highest BCUT2D eigenvalue weighted by atomic mass is 35.5. The van der Waals surface area contributed by atoms with Crippen molar-refractivity contribution < 1.29 is 4.79 Å². The first-order valence-corrected chi connectivity index (χ1v) is 9.52. The number of hydrogen-bond acceptors (Lipinski definition) is 4. The van der Waals surface area contributed by atoms with Gasteiger partial charge in [0.2, 0.25) is 5.91 Å². The molecule has 1 aromatic heterocycles. The van der Waals surface area contributed by atoms with E-state index in [2.05, 4.69) is 14.9 Å². The van der Waals surface area contributed by atoms with E-state index in [0.717, 1.165) is 54.7 Å². The van der Waals surface area contributed by atoms with Gasteiger partial charge in [0.25, 0.3) is 0 Å². The highest BCUT2D eigenvalue weighted by Gasteiger charge is 2.41. The highest BCUT2D eigenvalue weighted by Crippen LogP contribution is 2.33. The zero-order chi connectivity index (χ0) is 18.1. The number of benzene rings is 1. The second-order valence-corrected chi connectivity index (χ2v) is 7.81. The Balaban J connectivity index is 1.31. The molecule has 0 aliphatic carbocycles. The smallest absolute Gasteiger partial charge is 0.222 e. The Morgan fingerprint density at radius 1 is 1.15 bits per heavy atom. The maximum Gasteiger partial charge on any atom is 0.222 e. The van der Waals surface area contributed by atoms with Crippen LogP contribution in [0.4, 0.5) is 5.82 Å². The zero-order valence-corrected chi connectivity index (χ0v) is 15.7. The number of carbonyl (C=O) groups excluding carboxylic acids is 1. The van der Waals surface area contributed by atoms with Gasteiger partial charge in [0.1, 0.15) is 12.1 Å². The number of aryl methyl sites for hydroxylation is 2. The van der Waals surface area contributed by atoms with Gasteiger partial charge in [0, 0.05) is 61.2 Å². The molecule has 0 N–H and O–H groups in total. The molecule has 2 atom stereocenters. The summed E-state index contributed by atoms with van der Waals surface area (Å²) in [5, 5.41) is 0.728. The average molecular weight is 371 g/mol. The van der Waals surface area contributed by atoms with Crippen LogP contribution in [0.2, 0.25) is 5.02 Å². The van der Waals surface area contributed by atoms with E-state index < -0.39 is 0 Å². The number of nitrogens with zero attached hydrogens (tertiary/aromatic N) is 4. The van der Waals surface area contributed by atoms with Crippen LogP contribution in [0.25, 0.3) is 0 Å². The van der Waals surface area contributed by atoms with E-state index in [-0.39, 0.29) is 5.91 Å². The van der Waals surface area contributed by atoms with E-state index in [1.54, 1.807) is 6.33 Å². The third-order valence-electron chi connectivity index (χ3n) is 5.47. The SMILES string of the molecule is Cc1cc(N2CC3CN(C(=O)CCc4cccc(Cl)c4)CC3C2)ncn1. The molecule has 3 heterocycles. The standard InChI is InChI=1S/C20H23ClN4O/c1-14-7-19(23-13-22-14)24-9-16-11-25(12-17(16)10-24)20(26)6-5-15-3-2-4-18(21)8-15/h2-4,7-8,13,16-17H,5-6,9-12H2,1H3. The second-order valence-electron chi connectivity index (χ2n) is 7.37. The van der Waals surface area contributed by atoms with Crippen molar-refractivity contribution in [2.75, 3.05) is 31.1 Å². The molecule has 2 saturated heterocycles. The van der Waals surface area contributed by atoms with Gasteiger partial charge in [-0.05, 0) is 31.0 Å². The number of rotatable bonds is 4. The van der Waals surface area contributed by atoms with Crippen molar-refractivity contribution in [3.8, 4) is 0 Å². The summed E-state index contributed by atoms with van der Waals surface area (Å²) in [7, 11) is 0. The lowest BCUT2D eigenvalue weighted by atomic mass is 10.0. The van der Waals surface area contributed by atoms with Gasteiger partial charge in [-0.2, -0.15) is 0 Å². The van der Waals surface area contributed by atoms with Crippen LogP contribution in [0.3, 0.4) is 0 Å². The third-order valence-corrected chi connectivity index (χ3v) is 5.70. The molecule has 0 saturated carbocycles. The highest BCUT2D eigenvalue weighted by molar-refractivity contribution is 6.30. The Labute approximate surface area is 159 Å². The molecule has 26 heavy (non-hydrogen) atoms. The Morgan fingerprint density at radius 3 is 2.62 bits per heavy atom. The van der Waals surface area contributed by atoms with Gasteiger partial charge in [-0.1, -0.05) is 23.7 Å². The van der Waals surface area contributed by atoms with Crippen LogP contribution < -0.4 is 4.90 Å². The fourth-order valence-corrected chi connectivity index (χ4v) is 4.31. The van der Waals surface area contributed by atoms with E-state index >= 15 is 0 Å². The first-order chi connectivity index (χ1) is 12.6. The first kappa shape index (κ1) is 17.3. The van der Waals surface area contributed by atoms with E-state index in [9.17, 15) is 4.79 Å². The molecule has 1 amide bonds. The van der Waals surface area contributed by atoms with Gasteiger partial charge < -0.3 is 9.80 Å². The topological polar surface area (TPSA) is 49.3 Å². The average Bonchev–Trinajstić information content (AvgIpc) is 3.19. The summed E-state index contributed by atoms with van der Waals surface area (Å²) in [6.45, 7) is 5.65. The van der Waals surface area contributed by atoms with Crippen LogP contribution in [0.5, 0.6) is 0 Å². The van der Waals surface area contributed by atoms with Crippen LogP contribution >= 0.6 is 11.6 Å². The molecule has 6 heteroatoms. The number of likely N-dealkylation sites (tertiary alicyclic amines) is 1. The van der Waals surface area contributed by atoms with E-state index in [1.807, 2.05) is 42.2 Å². The summed E-state index contributed by atoms with van der Waals surface area (Å²) in [6.07, 6.45) is 2.93. The molecule has 0 radical (unpaired) electrons. The van der Waals surface area contributed by atoms with Crippen LogP contribution in [-0.2, 0) is 11.2 Å². The van der Waals surface area contributed by atoms with Crippen LogP contribution in [0.1, 0.15) is 17.7 Å². The Morgan fingerprint density at radius 2 is 1.92 bits per heavy atom. The van der Waals surface area contributed by atoms with Gasteiger partial charge in [-0.3, -0.25) is 4.79 Å². The van der Waals surface area contributed by atoms with Gasteiger partial charge >= 0.3 is 0 Å². The summed E-state index contributed by atoms with van der Waals surface area (Å²) >= 11 is 6.02. The van der Waals surface area contributed by atoms with Crippen molar-refractivity contribution >= 4 is 23.3 Å². The molecule has 2 fully saturated rings. The van der Waals surface area contributed by atoms with Crippen molar-refractivity contribution in [3.63, 3.8) is 0 Å². The minimum atomic E-state index is 0.254. The molecule has 0 spiro atoms. The van der Waals surface area contributed by atoms with E-state index in [1.165, 1.54) is 0 Å². The molecule has 4 rings (SSSR count). The van der Waals surface area contributed by atoms with Crippen molar-refractivity contribution in [1.82, 2.24) is 14.9 Å². The van der Waals surface area contributed by atoms with Crippen molar-refractivity contribution in [2.24, 2.45) is 11.8 Å². The number of carbonyl (C=O) groups is 1. The number of amides is 1. The van der Waals surface area contributed by atoms with Gasteiger partial charge in [-0.15, -0.1) is 0 Å². The van der Waals surface area contributed by atoms with E-state index in [0.29, 0.717) is 18.3 Å². The van der Waals surface area contributed by atoms with Crippen molar-refractivity contribution in [3.05, 3.63) is 52.9 Å². The predicted octanol–water partition coefficient (Wildman–Crippen LogP) is 2.97. The first-order valence-electron chi connectivity index (χ1n) is 9.14. The Bertz CT molecular complexity index is 798.